The van der Waals surface area contributed by atoms with Gasteiger partial charge >= 0.3 is 0 Å². The van der Waals surface area contributed by atoms with Gasteiger partial charge in [-0.3, -0.25) is 0 Å². The number of benzene rings is 1. The van der Waals surface area contributed by atoms with Crippen LogP contribution in [0.25, 0.3) is 0 Å². The van der Waals surface area contributed by atoms with Gasteiger partial charge in [0, 0.05) is 5.56 Å². The number of aryl methyl sites for hydroxylation is 1. The summed E-state index contributed by atoms with van der Waals surface area (Å²) in [5.74, 6) is 7.25. The maximum atomic E-state index is 8.65. The van der Waals surface area contributed by atoms with Crippen LogP contribution in [0.3, 0.4) is 0 Å². The van der Waals surface area contributed by atoms with E-state index in [9.17, 15) is 0 Å². The molecule has 0 spiro atoms. The standard InChI is InChI=1S/C15H18O2/c1-12-10-15(17-11-13-4-2-5-13)8-7-14(12)6-3-9-16/h7-8,10,13,16H,2,4-5,9,11H2,1H3. The average molecular weight is 230 g/mol. The van der Waals surface area contributed by atoms with Gasteiger partial charge in [-0.2, -0.15) is 0 Å². The van der Waals surface area contributed by atoms with Crippen LogP contribution in [0, 0.1) is 24.7 Å². The van der Waals surface area contributed by atoms with Crippen LogP contribution in [-0.2, 0) is 0 Å². The predicted molar refractivity (Wildman–Crippen MR) is 68.0 cm³/mol. The highest BCUT2D eigenvalue weighted by Crippen LogP contribution is 2.27. The van der Waals surface area contributed by atoms with E-state index in [-0.39, 0.29) is 6.61 Å². The fourth-order valence-electron chi connectivity index (χ4n) is 1.87. The molecule has 1 fully saturated rings. The summed E-state index contributed by atoms with van der Waals surface area (Å²) < 4.78 is 5.75. The SMILES string of the molecule is Cc1cc(OCC2CCC2)ccc1C#CCO. The van der Waals surface area contributed by atoms with Crippen molar-refractivity contribution in [2.75, 3.05) is 13.2 Å². The first-order chi connectivity index (χ1) is 8.29. The van der Waals surface area contributed by atoms with Crippen molar-refractivity contribution in [3.8, 4) is 17.6 Å². The van der Waals surface area contributed by atoms with Crippen LogP contribution < -0.4 is 4.74 Å². The van der Waals surface area contributed by atoms with Gasteiger partial charge in [0.15, 0.2) is 0 Å². The third-order valence-electron chi connectivity index (χ3n) is 3.21. The van der Waals surface area contributed by atoms with Crippen LogP contribution in [-0.4, -0.2) is 18.3 Å². The Morgan fingerprint density at radius 3 is 2.82 bits per heavy atom. The summed E-state index contributed by atoms with van der Waals surface area (Å²) in [6, 6.07) is 5.92. The molecule has 0 amide bonds. The summed E-state index contributed by atoms with van der Waals surface area (Å²) in [5.41, 5.74) is 2.05. The molecule has 0 atom stereocenters. The molecule has 1 aliphatic rings. The molecule has 17 heavy (non-hydrogen) atoms. The highest BCUT2D eigenvalue weighted by atomic mass is 16.5. The largest absolute Gasteiger partial charge is 0.493 e. The molecule has 0 saturated heterocycles. The smallest absolute Gasteiger partial charge is 0.119 e. The summed E-state index contributed by atoms with van der Waals surface area (Å²) in [4.78, 5) is 0. The lowest BCUT2D eigenvalue weighted by molar-refractivity contribution is 0.180. The monoisotopic (exact) mass is 230 g/mol. The van der Waals surface area contributed by atoms with Gasteiger partial charge in [-0.1, -0.05) is 18.3 Å². The van der Waals surface area contributed by atoms with E-state index < -0.39 is 0 Å². The fourth-order valence-corrected chi connectivity index (χ4v) is 1.87. The minimum absolute atomic E-state index is 0.0978. The summed E-state index contributed by atoms with van der Waals surface area (Å²) in [6.45, 7) is 2.75. The molecule has 2 heteroatoms. The first-order valence-corrected chi connectivity index (χ1v) is 6.13. The van der Waals surface area contributed by atoms with Crippen molar-refractivity contribution in [1.29, 1.82) is 0 Å². The fraction of sp³-hybridized carbons (Fsp3) is 0.467. The summed E-state index contributed by atoms with van der Waals surface area (Å²) in [6.07, 6.45) is 3.96. The molecule has 1 saturated carbocycles. The molecular weight excluding hydrogens is 212 g/mol. The molecule has 2 nitrogen and oxygen atoms in total. The van der Waals surface area contributed by atoms with Crippen LogP contribution in [0.4, 0.5) is 0 Å². The summed E-state index contributed by atoms with van der Waals surface area (Å²) in [7, 11) is 0. The molecule has 0 aliphatic heterocycles. The number of ether oxygens (including phenoxy) is 1. The maximum absolute atomic E-state index is 8.65. The summed E-state index contributed by atoms with van der Waals surface area (Å²) in [5, 5.41) is 8.65. The van der Waals surface area contributed by atoms with Crippen LogP contribution in [0.15, 0.2) is 18.2 Å². The molecule has 1 N–H and O–H groups in total. The van der Waals surface area contributed by atoms with Crippen molar-refractivity contribution in [3.05, 3.63) is 29.3 Å². The number of hydrogen-bond donors (Lipinski definition) is 1. The maximum Gasteiger partial charge on any atom is 0.119 e. The molecule has 0 unspecified atom stereocenters. The van der Waals surface area contributed by atoms with Gasteiger partial charge in [0.05, 0.1) is 6.61 Å². The van der Waals surface area contributed by atoms with E-state index in [2.05, 4.69) is 11.8 Å². The quantitative estimate of drug-likeness (QED) is 0.808. The Morgan fingerprint density at radius 1 is 1.41 bits per heavy atom. The Balaban J connectivity index is 1.97. The zero-order valence-corrected chi connectivity index (χ0v) is 10.2. The van der Waals surface area contributed by atoms with Gasteiger partial charge in [0.25, 0.3) is 0 Å². The number of aliphatic hydroxyl groups excluding tert-OH is 1. The van der Waals surface area contributed by atoms with E-state index in [0.717, 1.165) is 29.4 Å². The molecule has 1 aromatic carbocycles. The second kappa shape index (κ2) is 5.75. The van der Waals surface area contributed by atoms with Gasteiger partial charge in [-0.05, 0) is 49.4 Å². The van der Waals surface area contributed by atoms with E-state index in [0.29, 0.717) is 0 Å². The van der Waals surface area contributed by atoms with Crippen molar-refractivity contribution in [2.24, 2.45) is 5.92 Å². The van der Waals surface area contributed by atoms with Gasteiger partial charge in [-0.25, -0.2) is 0 Å². The molecule has 0 bridgehead atoms. The lowest BCUT2D eigenvalue weighted by Gasteiger charge is -2.25. The predicted octanol–water partition coefficient (Wildman–Crippen LogP) is 2.52. The van der Waals surface area contributed by atoms with E-state index in [1.165, 1.54) is 19.3 Å². The molecule has 0 aromatic heterocycles. The normalized spacial score (nSPS) is 14.7. The van der Waals surface area contributed by atoms with Crippen molar-refractivity contribution < 1.29 is 9.84 Å². The zero-order valence-electron chi connectivity index (χ0n) is 10.2. The highest BCUT2D eigenvalue weighted by Gasteiger charge is 2.17. The van der Waals surface area contributed by atoms with Crippen LogP contribution in [0.1, 0.15) is 30.4 Å². The second-order valence-corrected chi connectivity index (χ2v) is 4.54. The average Bonchev–Trinajstić information content (AvgIpc) is 2.26. The van der Waals surface area contributed by atoms with E-state index >= 15 is 0 Å². The topological polar surface area (TPSA) is 29.5 Å². The van der Waals surface area contributed by atoms with Crippen molar-refractivity contribution >= 4 is 0 Å². The Morgan fingerprint density at radius 2 is 2.24 bits per heavy atom. The minimum atomic E-state index is -0.0978. The minimum Gasteiger partial charge on any atom is -0.493 e. The van der Waals surface area contributed by atoms with Crippen LogP contribution in [0.2, 0.25) is 0 Å². The Kier molecular flexibility index (Phi) is 4.06. The van der Waals surface area contributed by atoms with Gasteiger partial charge in [0.2, 0.25) is 0 Å². The van der Waals surface area contributed by atoms with E-state index in [4.69, 9.17) is 9.84 Å². The second-order valence-electron chi connectivity index (χ2n) is 4.54. The highest BCUT2D eigenvalue weighted by molar-refractivity contribution is 5.44. The summed E-state index contributed by atoms with van der Waals surface area (Å²) >= 11 is 0. The van der Waals surface area contributed by atoms with Crippen LogP contribution >= 0.6 is 0 Å². The van der Waals surface area contributed by atoms with Crippen molar-refractivity contribution in [3.63, 3.8) is 0 Å². The van der Waals surface area contributed by atoms with Crippen LogP contribution in [0.5, 0.6) is 5.75 Å². The first kappa shape index (κ1) is 12.0. The molecule has 2 rings (SSSR count). The van der Waals surface area contributed by atoms with Gasteiger partial charge < -0.3 is 9.84 Å². The lowest BCUT2D eigenvalue weighted by Crippen LogP contribution is -2.19. The van der Waals surface area contributed by atoms with E-state index in [1.54, 1.807) is 0 Å². The van der Waals surface area contributed by atoms with Crippen molar-refractivity contribution in [1.82, 2.24) is 0 Å². The van der Waals surface area contributed by atoms with E-state index in [1.807, 2.05) is 25.1 Å². The molecule has 0 radical (unpaired) electrons. The van der Waals surface area contributed by atoms with Crippen molar-refractivity contribution in [2.45, 2.75) is 26.2 Å². The Labute approximate surface area is 103 Å². The molecular formula is C15H18O2. The zero-order chi connectivity index (χ0) is 12.1. The third-order valence-corrected chi connectivity index (χ3v) is 3.21. The number of rotatable bonds is 3. The third kappa shape index (κ3) is 3.25. The molecule has 90 valence electrons. The Hall–Kier alpha value is -1.46. The molecule has 1 aromatic rings. The molecule has 0 heterocycles. The first-order valence-electron chi connectivity index (χ1n) is 6.13. The van der Waals surface area contributed by atoms with Gasteiger partial charge in [0.1, 0.15) is 12.4 Å². The lowest BCUT2D eigenvalue weighted by atomic mass is 9.86. The molecule has 1 aliphatic carbocycles. The van der Waals surface area contributed by atoms with Gasteiger partial charge in [-0.15, -0.1) is 0 Å². The number of hydrogen-bond acceptors (Lipinski definition) is 2. The Bertz CT molecular complexity index is 436. The number of aliphatic hydroxyl groups is 1.